The van der Waals surface area contributed by atoms with E-state index in [1.54, 1.807) is 0 Å². The summed E-state index contributed by atoms with van der Waals surface area (Å²) >= 11 is 0. The van der Waals surface area contributed by atoms with E-state index >= 15 is 0 Å². The summed E-state index contributed by atoms with van der Waals surface area (Å²) in [5, 5.41) is 7.32. The van der Waals surface area contributed by atoms with Gasteiger partial charge in [-0.15, -0.1) is 0 Å². The fraction of sp³-hybridized carbons (Fsp3) is 0.846. The largest absolute Gasteiger partial charge is 0.367 e. The monoisotopic (exact) mass is 268 g/mol. The number of hydrogen-bond acceptors (Lipinski definition) is 6. The quantitative estimate of drug-likeness (QED) is 0.873. The van der Waals surface area contributed by atoms with E-state index in [0.717, 1.165) is 26.2 Å². The number of morpholine rings is 1. The van der Waals surface area contributed by atoms with Gasteiger partial charge in [-0.1, -0.05) is 12.1 Å². The van der Waals surface area contributed by atoms with Crippen molar-refractivity contribution < 1.29 is 9.26 Å². The summed E-state index contributed by atoms with van der Waals surface area (Å²) in [4.78, 5) is 6.83. The summed E-state index contributed by atoms with van der Waals surface area (Å²) in [5.74, 6) is 1.28. The minimum atomic E-state index is -0.0810. The Hall–Kier alpha value is -0.980. The first kappa shape index (κ1) is 14.4. The van der Waals surface area contributed by atoms with Gasteiger partial charge in [-0.05, 0) is 27.3 Å². The van der Waals surface area contributed by atoms with E-state index in [0.29, 0.717) is 17.8 Å². The molecule has 6 heteroatoms. The minimum Gasteiger partial charge on any atom is -0.367 e. The number of nitrogens with zero attached hydrogens (tertiary/aromatic N) is 3. The summed E-state index contributed by atoms with van der Waals surface area (Å²) < 4.78 is 11.1. The van der Waals surface area contributed by atoms with Gasteiger partial charge in [0.1, 0.15) is 6.10 Å². The third-order valence-corrected chi connectivity index (χ3v) is 3.45. The van der Waals surface area contributed by atoms with Gasteiger partial charge < -0.3 is 14.6 Å². The Balaban J connectivity index is 2.01. The molecular formula is C13H24N4O2. The van der Waals surface area contributed by atoms with Crippen molar-refractivity contribution in [2.45, 2.75) is 45.9 Å². The molecule has 1 aromatic rings. The number of rotatable bonds is 5. The molecule has 6 nitrogen and oxygen atoms in total. The SMILES string of the molecule is CCNC(C)c1nc(C2CN(C(C)C)CCO2)no1. The van der Waals surface area contributed by atoms with Crippen LogP contribution in [0.3, 0.4) is 0 Å². The van der Waals surface area contributed by atoms with E-state index in [1.807, 2.05) is 6.92 Å². The zero-order chi connectivity index (χ0) is 13.8. The molecule has 1 N–H and O–H groups in total. The summed E-state index contributed by atoms with van der Waals surface area (Å²) in [7, 11) is 0. The van der Waals surface area contributed by atoms with Gasteiger partial charge in [0.2, 0.25) is 11.7 Å². The third-order valence-electron chi connectivity index (χ3n) is 3.45. The Morgan fingerprint density at radius 1 is 1.42 bits per heavy atom. The zero-order valence-electron chi connectivity index (χ0n) is 12.2. The number of ether oxygens (including phenoxy) is 1. The molecule has 1 saturated heterocycles. The second-order valence-corrected chi connectivity index (χ2v) is 5.22. The van der Waals surface area contributed by atoms with Gasteiger partial charge in [0.15, 0.2) is 0 Å². The highest BCUT2D eigenvalue weighted by atomic mass is 16.5. The molecule has 0 amide bonds. The van der Waals surface area contributed by atoms with Crippen LogP contribution in [-0.4, -0.2) is 47.3 Å². The van der Waals surface area contributed by atoms with Crippen LogP contribution in [-0.2, 0) is 4.74 Å². The van der Waals surface area contributed by atoms with Gasteiger partial charge in [0.25, 0.3) is 0 Å². The molecule has 2 unspecified atom stereocenters. The first-order chi connectivity index (χ1) is 9.11. The molecule has 1 fully saturated rings. The van der Waals surface area contributed by atoms with E-state index in [4.69, 9.17) is 9.26 Å². The van der Waals surface area contributed by atoms with Crippen LogP contribution < -0.4 is 5.32 Å². The lowest BCUT2D eigenvalue weighted by atomic mass is 10.2. The van der Waals surface area contributed by atoms with Crippen LogP contribution in [0.4, 0.5) is 0 Å². The van der Waals surface area contributed by atoms with Crippen LogP contribution in [0, 0.1) is 0 Å². The minimum absolute atomic E-state index is 0.0797. The van der Waals surface area contributed by atoms with Crippen molar-refractivity contribution in [2.24, 2.45) is 0 Å². The molecule has 0 saturated carbocycles. The topological polar surface area (TPSA) is 63.4 Å². The standard InChI is InChI=1S/C13H24N4O2/c1-5-14-10(4)13-15-12(16-19-13)11-8-17(9(2)3)6-7-18-11/h9-11,14H,5-8H2,1-4H3. The second-order valence-electron chi connectivity index (χ2n) is 5.22. The molecule has 0 aromatic carbocycles. The Morgan fingerprint density at radius 2 is 2.21 bits per heavy atom. The van der Waals surface area contributed by atoms with Crippen LogP contribution >= 0.6 is 0 Å². The summed E-state index contributed by atoms with van der Waals surface area (Å²) in [6.07, 6.45) is -0.0810. The third kappa shape index (κ3) is 3.52. The molecule has 0 aliphatic carbocycles. The van der Waals surface area contributed by atoms with Gasteiger partial charge in [-0.3, -0.25) is 4.90 Å². The lowest BCUT2D eigenvalue weighted by Crippen LogP contribution is -2.42. The molecule has 0 radical (unpaired) electrons. The fourth-order valence-corrected chi connectivity index (χ4v) is 2.24. The molecule has 1 aliphatic rings. The molecule has 2 atom stereocenters. The molecule has 2 rings (SSSR count). The first-order valence-electron chi connectivity index (χ1n) is 7.04. The van der Waals surface area contributed by atoms with Crippen LogP contribution in [0.15, 0.2) is 4.52 Å². The van der Waals surface area contributed by atoms with E-state index in [9.17, 15) is 0 Å². The predicted octanol–water partition coefficient (Wildman–Crippen LogP) is 1.52. The van der Waals surface area contributed by atoms with Crippen LogP contribution in [0.2, 0.25) is 0 Å². The van der Waals surface area contributed by atoms with Gasteiger partial charge in [-0.2, -0.15) is 4.98 Å². The number of nitrogens with one attached hydrogen (secondary N) is 1. The maximum absolute atomic E-state index is 5.75. The normalized spacial score (nSPS) is 22.9. The second kappa shape index (κ2) is 6.45. The smallest absolute Gasteiger partial charge is 0.243 e. The van der Waals surface area contributed by atoms with Crippen molar-refractivity contribution in [1.82, 2.24) is 20.4 Å². The Labute approximate surface area is 114 Å². The lowest BCUT2D eigenvalue weighted by molar-refractivity contribution is -0.0450. The van der Waals surface area contributed by atoms with Gasteiger partial charge in [0.05, 0.1) is 12.6 Å². The Kier molecular flexibility index (Phi) is 4.90. The van der Waals surface area contributed by atoms with E-state index < -0.39 is 0 Å². The van der Waals surface area contributed by atoms with Gasteiger partial charge in [0, 0.05) is 19.1 Å². The maximum atomic E-state index is 5.75. The zero-order valence-corrected chi connectivity index (χ0v) is 12.2. The molecule has 19 heavy (non-hydrogen) atoms. The van der Waals surface area contributed by atoms with Crippen LogP contribution in [0.1, 0.15) is 51.6 Å². The van der Waals surface area contributed by atoms with E-state index in [-0.39, 0.29) is 12.1 Å². The summed E-state index contributed by atoms with van der Waals surface area (Å²) in [5.41, 5.74) is 0. The average Bonchev–Trinajstić information content (AvgIpc) is 2.89. The average molecular weight is 268 g/mol. The lowest BCUT2D eigenvalue weighted by Gasteiger charge is -2.34. The number of hydrogen-bond donors (Lipinski definition) is 1. The molecular weight excluding hydrogens is 244 g/mol. The molecule has 1 aromatic heterocycles. The highest BCUT2D eigenvalue weighted by Crippen LogP contribution is 2.22. The van der Waals surface area contributed by atoms with Gasteiger partial charge in [-0.25, -0.2) is 0 Å². The summed E-state index contributed by atoms with van der Waals surface area (Å²) in [6.45, 7) is 11.8. The molecule has 108 valence electrons. The van der Waals surface area contributed by atoms with Crippen molar-refractivity contribution in [1.29, 1.82) is 0 Å². The van der Waals surface area contributed by atoms with Crippen molar-refractivity contribution in [3.63, 3.8) is 0 Å². The Morgan fingerprint density at radius 3 is 2.89 bits per heavy atom. The highest BCUT2D eigenvalue weighted by molar-refractivity contribution is 4.97. The van der Waals surface area contributed by atoms with Crippen molar-refractivity contribution in [2.75, 3.05) is 26.2 Å². The van der Waals surface area contributed by atoms with Crippen molar-refractivity contribution in [3.8, 4) is 0 Å². The maximum Gasteiger partial charge on any atom is 0.243 e. The molecule has 0 bridgehead atoms. The molecule has 0 spiro atoms. The van der Waals surface area contributed by atoms with E-state index in [2.05, 4.69) is 41.1 Å². The molecule has 1 aliphatic heterocycles. The Bertz CT molecular complexity index is 394. The van der Waals surface area contributed by atoms with Crippen LogP contribution in [0.25, 0.3) is 0 Å². The van der Waals surface area contributed by atoms with Crippen LogP contribution in [0.5, 0.6) is 0 Å². The van der Waals surface area contributed by atoms with E-state index in [1.165, 1.54) is 0 Å². The highest BCUT2D eigenvalue weighted by Gasteiger charge is 2.28. The predicted molar refractivity (Wildman–Crippen MR) is 71.8 cm³/mol. The summed E-state index contributed by atoms with van der Waals surface area (Å²) in [6, 6.07) is 0.592. The van der Waals surface area contributed by atoms with Crippen molar-refractivity contribution >= 4 is 0 Å². The van der Waals surface area contributed by atoms with Crippen molar-refractivity contribution in [3.05, 3.63) is 11.7 Å². The fourth-order valence-electron chi connectivity index (χ4n) is 2.24. The first-order valence-corrected chi connectivity index (χ1v) is 7.04. The number of aromatic nitrogens is 2. The molecule has 2 heterocycles. The van der Waals surface area contributed by atoms with Gasteiger partial charge >= 0.3 is 0 Å².